The van der Waals surface area contributed by atoms with E-state index in [1.54, 1.807) is 0 Å². The molecule has 0 aliphatic rings. The Balaban J connectivity index is 2.26. The van der Waals surface area contributed by atoms with Crippen molar-refractivity contribution in [3.8, 4) is 5.75 Å². The molecular weight excluding hydrogens is 258 g/mol. The van der Waals surface area contributed by atoms with E-state index in [0.29, 0.717) is 12.3 Å². The Morgan fingerprint density at radius 2 is 1.90 bits per heavy atom. The molecule has 0 amide bonds. The van der Waals surface area contributed by atoms with E-state index >= 15 is 0 Å². The lowest BCUT2D eigenvalue weighted by molar-refractivity contribution is 0.0536. The Bertz CT molecular complexity index is 403. The molecule has 0 saturated heterocycles. The van der Waals surface area contributed by atoms with E-state index in [1.165, 1.54) is 5.56 Å². The summed E-state index contributed by atoms with van der Waals surface area (Å²) in [4.78, 5) is 3.93. The number of ether oxygens (including phenoxy) is 1. The lowest BCUT2D eigenvalue weighted by Gasteiger charge is -2.10. The lowest BCUT2D eigenvalue weighted by Crippen LogP contribution is -2.22. The molecule has 0 aromatic heterocycles. The number of guanidine groups is 1. The summed E-state index contributed by atoms with van der Waals surface area (Å²) in [5.74, 6) is 0.818. The zero-order valence-corrected chi connectivity index (χ0v) is 11.5. The van der Waals surface area contributed by atoms with Crippen molar-refractivity contribution in [2.45, 2.75) is 25.4 Å². The van der Waals surface area contributed by atoms with Gasteiger partial charge >= 0.3 is 0 Å². The molecule has 1 aromatic rings. The maximum Gasteiger partial charge on any atom is 0.185 e. The largest absolute Gasteiger partial charge is 0.491 e. The van der Waals surface area contributed by atoms with E-state index in [2.05, 4.69) is 4.99 Å². The first-order chi connectivity index (χ1) is 9.61. The number of aliphatic hydroxyl groups is 2. The quantitative estimate of drug-likeness (QED) is 0.289. The van der Waals surface area contributed by atoms with E-state index in [-0.39, 0.29) is 19.2 Å². The molecule has 0 fully saturated rings. The molecule has 1 atom stereocenters. The molecule has 1 unspecified atom stereocenters. The number of aliphatic imine (C=N–C) groups is 1. The van der Waals surface area contributed by atoms with E-state index in [0.717, 1.165) is 19.3 Å². The van der Waals surface area contributed by atoms with Crippen molar-refractivity contribution >= 4 is 5.96 Å². The van der Waals surface area contributed by atoms with E-state index < -0.39 is 6.10 Å². The van der Waals surface area contributed by atoms with Crippen LogP contribution in [0.1, 0.15) is 18.4 Å². The predicted octanol–water partition coefficient (Wildman–Crippen LogP) is 0.0147. The second-order valence-electron chi connectivity index (χ2n) is 4.56. The van der Waals surface area contributed by atoms with Crippen LogP contribution in [0, 0.1) is 0 Å². The Hall–Kier alpha value is -1.79. The smallest absolute Gasteiger partial charge is 0.185 e. The first kappa shape index (κ1) is 16.3. The summed E-state index contributed by atoms with van der Waals surface area (Å²) >= 11 is 0. The first-order valence-corrected chi connectivity index (χ1v) is 6.68. The SMILES string of the molecule is NC(N)=NCCCCc1ccc(OCC(O)CO)cc1. The molecule has 0 bridgehead atoms. The van der Waals surface area contributed by atoms with Crippen LogP contribution in [0.3, 0.4) is 0 Å². The van der Waals surface area contributed by atoms with Crippen LogP contribution in [0.25, 0.3) is 0 Å². The molecule has 6 N–H and O–H groups in total. The topological polar surface area (TPSA) is 114 Å². The van der Waals surface area contributed by atoms with Gasteiger partial charge in [0.25, 0.3) is 0 Å². The van der Waals surface area contributed by atoms with Gasteiger partial charge in [0, 0.05) is 6.54 Å². The van der Waals surface area contributed by atoms with Crippen LogP contribution >= 0.6 is 0 Å². The van der Waals surface area contributed by atoms with Gasteiger partial charge in [0.2, 0.25) is 0 Å². The zero-order valence-electron chi connectivity index (χ0n) is 11.5. The number of benzene rings is 1. The van der Waals surface area contributed by atoms with Crippen molar-refractivity contribution in [3.63, 3.8) is 0 Å². The van der Waals surface area contributed by atoms with Crippen molar-refractivity contribution in [2.24, 2.45) is 16.5 Å². The fraction of sp³-hybridized carbons (Fsp3) is 0.500. The average molecular weight is 281 g/mol. The molecule has 6 heteroatoms. The third kappa shape index (κ3) is 6.96. The van der Waals surface area contributed by atoms with Gasteiger partial charge in [-0.3, -0.25) is 4.99 Å². The minimum Gasteiger partial charge on any atom is -0.491 e. The molecule has 0 heterocycles. The van der Waals surface area contributed by atoms with Crippen LogP contribution in [0.5, 0.6) is 5.75 Å². The van der Waals surface area contributed by atoms with Crippen LogP contribution in [-0.2, 0) is 6.42 Å². The molecule has 0 aliphatic heterocycles. The van der Waals surface area contributed by atoms with Crippen molar-refractivity contribution in [1.29, 1.82) is 0 Å². The Kier molecular flexibility index (Phi) is 7.46. The second-order valence-corrected chi connectivity index (χ2v) is 4.56. The van der Waals surface area contributed by atoms with Crippen LogP contribution in [0.4, 0.5) is 0 Å². The van der Waals surface area contributed by atoms with Gasteiger partial charge in [-0.15, -0.1) is 0 Å². The van der Waals surface area contributed by atoms with Crippen LogP contribution in [-0.4, -0.2) is 42.0 Å². The summed E-state index contributed by atoms with van der Waals surface area (Å²) in [5.41, 5.74) is 11.7. The minimum atomic E-state index is -0.842. The molecule has 0 radical (unpaired) electrons. The average Bonchev–Trinajstić information content (AvgIpc) is 2.45. The minimum absolute atomic E-state index is 0.0916. The van der Waals surface area contributed by atoms with Gasteiger partial charge in [-0.2, -0.15) is 0 Å². The number of hydrogen-bond acceptors (Lipinski definition) is 4. The van der Waals surface area contributed by atoms with Gasteiger partial charge in [0.05, 0.1) is 6.61 Å². The van der Waals surface area contributed by atoms with Crippen molar-refractivity contribution in [1.82, 2.24) is 0 Å². The van der Waals surface area contributed by atoms with Gasteiger partial charge in [-0.05, 0) is 37.0 Å². The summed E-state index contributed by atoms with van der Waals surface area (Å²) < 4.78 is 5.33. The second kappa shape index (κ2) is 9.17. The summed E-state index contributed by atoms with van der Waals surface area (Å²) in [6.45, 7) is 0.449. The van der Waals surface area contributed by atoms with Gasteiger partial charge in [0.1, 0.15) is 18.5 Å². The van der Waals surface area contributed by atoms with Crippen molar-refractivity contribution < 1.29 is 14.9 Å². The zero-order chi connectivity index (χ0) is 14.8. The summed E-state index contributed by atoms with van der Waals surface area (Å²) in [6, 6.07) is 7.69. The summed E-state index contributed by atoms with van der Waals surface area (Å²) in [5, 5.41) is 17.9. The number of rotatable bonds is 9. The van der Waals surface area contributed by atoms with Crippen LogP contribution in [0.15, 0.2) is 29.3 Å². The molecule has 0 spiro atoms. The van der Waals surface area contributed by atoms with Crippen molar-refractivity contribution in [2.75, 3.05) is 19.8 Å². The fourth-order valence-corrected chi connectivity index (χ4v) is 1.65. The normalized spacial score (nSPS) is 11.9. The summed E-state index contributed by atoms with van der Waals surface area (Å²) in [6.07, 6.45) is 2.07. The fourth-order valence-electron chi connectivity index (χ4n) is 1.65. The first-order valence-electron chi connectivity index (χ1n) is 6.68. The maximum absolute atomic E-state index is 9.18. The maximum atomic E-state index is 9.18. The van der Waals surface area contributed by atoms with E-state index in [1.807, 2.05) is 24.3 Å². The Morgan fingerprint density at radius 1 is 1.20 bits per heavy atom. The Morgan fingerprint density at radius 3 is 2.50 bits per heavy atom. The highest BCUT2D eigenvalue weighted by Crippen LogP contribution is 2.14. The van der Waals surface area contributed by atoms with Crippen LogP contribution < -0.4 is 16.2 Å². The monoisotopic (exact) mass is 281 g/mol. The highest BCUT2D eigenvalue weighted by molar-refractivity contribution is 5.75. The number of hydrogen-bond donors (Lipinski definition) is 4. The highest BCUT2D eigenvalue weighted by atomic mass is 16.5. The molecule has 20 heavy (non-hydrogen) atoms. The Labute approximate surface area is 119 Å². The molecule has 0 saturated carbocycles. The predicted molar refractivity (Wildman–Crippen MR) is 78.6 cm³/mol. The molecule has 112 valence electrons. The number of unbranched alkanes of at least 4 members (excludes halogenated alkanes) is 1. The number of aliphatic hydroxyl groups excluding tert-OH is 2. The number of nitrogens with two attached hydrogens (primary N) is 2. The molecule has 1 rings (SSSR count). The van der Waals surface area contributed by atoms with Gasteiger partial charge in [0.15, 0.2) is 5.96 Å². The third-order valence-electron chi connectivity index (χ3n) is 2.74. The lowest BCUT2D eigenvalue weighted by atomic mass is 10.1. The third-order valence-corrected chi connectivity index (χ3v) is 2.74. The molecule has 6 nitrogen and oxygen atoms in total. The van der Waals surface area contributed by atoms with Crippen molar-refractivity contribution in [3.05, 3.63) is 29.8 Å². The van der Waals surface area contributed by atoms with Gasteiger partial charge < -0.3 is 26.4 Å². The highest BCUT2D eigenvalue weighted by Gasteiger charge is 2.02. The molecule has 0 aliphatic carbocycles. The number of nitrogens with zero attached hydrogens (tertiary/aromatic N) is 1. The standard InChI is InChI=1S/C14H23N3O3/c15-14(16)17-8-2-1-3-11-4-6-13(7-5-11)20-10-12(19)9-18/h4-7,12,18-19H,1-3,8-10H2,(H4,15,16,17). The molecular formula is C14H23N3O3. The summed E-state index contributed by atoms with van der Waals surface area (Å²) in [7, 11) is 0. The van der Waals surface area contributed by atoms with E-state index in [9.17, 15) is 5.11 Å². The van der Waals surface area contributed by atoms with Crippen LogP contribution in [0.2, 0.25) is 0 Å². The van der Waals surface area contributed by atoms with Gasteiger partial charge in [-0.25, -0.2) is 0 Å². The molecule has 1 aromatic carbocycles. The van der Waals surface area contributed by atoms with Gasteiger partial charge in [-0.1, -0.05) is 12.1 Å². The number of aryl methyl sites for hydroxylation is 1. The van der Waals surface area contributed by atoms with E-state index in [4.69, 9.17) is 21.3 Å².